The van der Waals surface area contributed by atoms with Crippen molar-refractivity contribution in [2.75, 3.05) is 5.73 Å². The van der Waals surface area contributed by atoms with Crippen molar-refractivity contribution < 1.29 is 4.42 Å². The van der Waals surface area contributed by atoms with E-state index >= 15 is 0 Å². The fourth-order valence-corrected chi connectivity index (χ4v) is 1.89. The molecule has 0 bridgehead atoms. The molecule has 3 rings (SSSR count). The third-order valence-electron chi connectivity index (χ3n) is 2.86. The zero-order valence-corrected chi connectivity index (χ0v) is 10.8. The summed E-state index contributed by atoms with van der Waals surface area (Å²) in [4.78, 5) is 18.5. The Bertz CT molecular complexity index is 785. The number of aromatic amines is 1. The molecular formula is C13H13N5O2. The summed E-state index contributed by atoms with van der Waals surface area (Å²) in [5.41, 5.74) is 6.94. The monoisotopic (exact) mass is 271 g/mol. The minimum Gasteiger partial charge on any atom is -0.463 e. The van der Waals surface area contributed by atoms with Crippen molar-refractivity contribution in [2.45, 2.75) is 13.3 Å². The minimum absolute atomic E-state index is 0.235. The van der Waals surface area contributed by atoms with Crippen molar-refractivity contribution in [3.8, 4) is 17.4 Å². The lowest BCUT2D eigenvalue weighted by Crippen LogP contribution is -2.16. The van der Waals surface area contributed by atoms with E-state index in [4.69, 9.17) is 10.2 Å². The molecule has 0 amide bonds. The first-order valence-corrected chi connectivity index (χ1v) is 6.17. The number of hydrogen-bond donors (Lipinski definition) is 2. The van der Waals surface area contributed by atoms with Gasteiger partial charge in [0.25, 0.3) is 5.56 Å². The van der Waals surface area contributed by atoms with Gasteiger partial charge in [-0.1, -0.05) is 6.92 Å². The lowest BCUT2D eigenvalue weighted by Gasteiger charge is -2.03. The second-order valence-electron chi connectivity index (χ2n) is 4.26. The van der Waals surface area contributed by atoms with Gasteiger partial charge in [-0.15, -0.1) is 0 Å². The van der Waals surface area contributed by atoms with Gasteiger partial charge in [0.2, 0.25) is 5.95 Å². The zero-order chi connectivity index (χ0) is 14.1. The van der Waals surface area contributed by atoms with Gasteiger partial charge in [-0.3, -0.25) is 9.78 Å². The highest BCUT2D eigenvalue weighted by atomic mass is 16.3. The molecule has 7 nitrogen and oxygen atoms in total. The van der Waals surface area contributed by atoms with E-state index in [9.17, 15) is 4.79 Å². The quantitative estimate of drug-likeness (QED) is 0.748. The van der Waals surface area contributed by atoms with E-state index in [0.717, 1.165) is 0 Å². The molecule has 0 saturated carbocycles. The highest BCUT2D eigenvalue weighted by Crippen LogP contribution is 2.21. The minimum atomic E-state index is -0.235. The SMILES string of the molecule is CCc1cc(=O)[nH]c(-n2nc(-c3ccco3)cc2N)n1. The lowest BCUT2D eigenvalue weighted by atomic mass is 10.3. The van der Waals surface area contributed by atoms with Gasteiger partial charge in [-0.25, -0.2) is 4.98 Å². The molecule has 7 heteroatoms. The first kappa shape index (κ1) is 12.2. The van der Waals surface area contributed by atoms with Crippen molar-refractivity contribution >= 4 is 5.82 Å². The van der Waals surface area contributed by atoms with Crippen LogP contribution in [-0.4, -0.2) is 19.7 Å². The predicted octanol–water partition coefficient (Wildman–Crippen LogP) is 1.36. The van der Waals surface area contributed by atoms with E-state index in [1.165, 1.54) is 10.7 Å². The van der Waals surface area contributed by atoms with Gasteiger partial charge in [-0.05, 0) is 18.6 Å². The Morgan fingerprint density at radius 1 is 1.45 bits per heavy atom. The Balaban J connectivity index is 2.11. The smallest absolute Gasteiger partial charge is 0.252 e. The number of rotatable bonds is 3. The molecule has 0 saturated heterocycles. The van der Waals surface area contributed by atoms with Crippen LogP contribution in [0.4, 0.5) is 5.82 Å². The average molecular weight is 271 g/mol. The number of nitrogens with one attached hydrogen (secondary N) is 1. The normalized spacial score (nSPS) is 10.8. The summed E-state index contributed by atoms with van der Waals surface area (Å²) in [6.07, 6.45) is 2.21. The number of hydrogen-bond acceptors (Lipinski definition) is 5. The van der Waals surface area contributed by atoms with Gasteiger partial charge in [0, 0.05) is 17.8 Å². The van der Waals surface area contributed by atoms with Crippen LogP contribution in [0.3, 0.4) is 0 Å². The number of nitrogens with zero attached hydrogens (tertiary/aromatic N) is 3. The number of nitrogen functional groups attached to an aromatic ring is 1. The van der Waals surface area contributed by atoms with Crippen LogP contribution in [0, 0.1) is 0 Å². The second kappa shape index (κ2) is 4.69. The maximum Gasteiger partial charge on any atom is 0.252 e. The third-order valence-corrected chi connectivity index (χ3v) is 2.86. The largest absolute Gasteiger partial charge is 0.463 e. The van der Waals surface area contributed by atoms with Crippen molar-refractivity contribution in [2.24, 2.45) is 0 Å². The average Bonchev–Trinajstić information content (AvgIpc) is 3.06. The van der Waals surface area contributed by atoms with E-state index in [2.05, 4.69) is 15.1 Å². The van der Waals surface area contributed by atoms with E-state index in [-0.39, 0.29) is 5.56 Å². The molecule has 0 aromatic carbocycles. The maximum absolute atomic E-state index is 11.6. The molecule has 0 aliphatic heterocycles. The highest BCUT2D eigenvalue weighted by molar-refractivity contribution is 5.57. The number of aromatic nitrogens is 4. The van der Waals surface area contributed by atoms with E-state index < -0.39 is 0 Å². The number of furan rings is 1. The Kier molecular flexibility index (Phi) is 2.86. The number of anilines is 1. The Morgan fingerprint density at radius 3 is 3.00 bits per heavy atom. The molecule has 0 radical (unpaired) electrons. The van der Waals surface area contributed by atoms with Crippen LogP contribution >= 0.6 is 0 Å². The summed E-state index contributed by atoms with van der Waals surface area (Å²) in [5, 5.41) is 4.30. The second-order valence-corrected chi connectivity index (χ2v) is 4.26. The number of H-pyrrole nitrogens is 1. The van der Waals surface area contributed by atoms with Crippen LogP contribution < -0.4 is 11.3 Å². The van der Waals surface area contributed by atoms with Gasteiger partial charge in [0.1, 0.15) is 11.5 Å². The molecule has 102 valence electrons. The summed E-state index contributed by atoms with van der Waals surface area (Å²) in [6.45, 7) is 1.92. The molecule has 3 aromatic heterocycles. The van der Waals surface area contributed by atoms with Crippen molar-refractivity contribution in [1.29, 1.82) is 0 Å². The van der Waals surface area contributed by atoms with Gasteiger partial charge < -0.3 is 10.2 Å². The molecule has 20 heavy (non-hydrogen) atoms. The number of nitrogens with two attached hydrogens (primary N) is 1. The fourth-order valence-electron chi connectivity index (χ4n) is 1.89. The van der Waals surface area contributed by atoms with Crippen LogP contribution in [0.1, 0.15) is 12.6 Å². The fraction of sp³-hybridized carbons (Fsp3) is 0.154. The molecule has 3 N–H and O–H groups in total. The first-order chi connectivity index (χ1) is 9.67. The van der Waals surface area contributed by atoms with Crippen LogP contribution in [0.2, 0.25) is 0 Å². The van der Waals surface area contributed by atoms with E-state index in [1.54, 1.807) is 24.5 Å². The highest BCUT2D eigenvalue weighted by Gasteiger charge is 2.12. The van der Waals surface area contributed by atoms with Crippen LogP contribution in [0.5, 0.6) is 0 Å². The lowest BCUT2D eigenvalue weighted by molar-refractivity contribution is 0.578. The summed E-state index contributed by atoms with van der Waals surface area (Å²) in [5.74, 6) is 1.27. The zero-order valence-electron chi connectivity index (χ0n) is 10.8. The van der Waals surface area contributed by atoms with Gasteiger partial charge in [0.05, 0.1) is 6.26 Å². The van der Waals surface area contributed by atoms with Crippen LogP contribution in [-0.2, 0) is 6.42 Å². The molecule has 3 heterocycles. The Labute approximate surface area is 114 Å². The number of aryl methyl sites for hydroxylation is 1. The Morgan fingerprint density at radius 2 is 2.30 bits per heavy atom. The Hall–Kier alpha value is -2.83. The van der Waals surface area contributed by atoms with Crippen molar-refractivity contribution in [1.82, 2.24) is 19.7 Å². The van der Waals surface area contributed by atoms with Crippen molar-refractivity contribution in [3.63, 3.8) is 0 Å². The molecule has 3 aromatic rings. The third kappa shape index (κ3) is 2.09. The van der Waals surface area contributed by atoms with Gasteiger partial charge in [-0.2, -0.15) is 9.78 Å². The molecule has 0 aliphatic rings. The van der Waals surface area contributed by atoms with E-state index in [1.807, 2.05) is 6.92 Å². The molecular weight excluding hydrogens is 258 g/mol. The van der Waals surface area contributed by atoms with Crippen molar-refractivity contribution in [3.05, 3.63) is 46.6 Å². The summed E-state index contributed by atoms with van der Waals surface area (Å²) in [7, 11) is 0. The van der Waals surface area contributed by atoms with Crippen LogP contribution in [0.25, 0.3) is 17.4 Å². The van der Waals surface area contributed by atoms with Gasteiger partial charge >= 0.3 is 0 Å². The molecule has 0 aliphatic carbocycles. The molecule has 0 spiro atoms. The molecule has 0 fully saturated rings. The first-order valence-electron chi connectivity index (χ1n) is 6.17. The predicted molar refractivity (Wildman–Crippen MR) is 73.5 cm³/mol. The van der Waals surface area contributed by atoms with E-state index in [0.29, 0.717) is 35.3 Å². The molecule has 0 atom stereocenters. The maximum atomic E-state index is 11.6. The standard InChI is InChI=1S/C13H13N5O2/c1-2-8-6-12(19)16-13(15-8)18-11(14)7-9(17-18)10-4-3-5-20-10/h3-7H,2,14H2,1H3,(H,15,16,19). The van der Waals surface area contributed by atoms with Crippen LogP contribution in [0.15, 0.2) is 39.7 Å². The topological polar surface area (TPSA) is 103 Å². The van der Waals surface area contributed by atoms with Gasteiger partial charge in [0.15, 0.2) is 5.76 Å². The summed E-state index contributed by atoms with van der Waals surface area (Å²) < 4.78 is 6.66. The summed E-state index contributed by atoms with van der Waals surface area (Å²) in [6, 6.07) is 6.67. The summed E-state index contributed by atoms with van der Waals surface area (Å²) >= 11 is 0. The molecule has 0 unspecified atom stereocenters.